The fraction of sp³-hybridized carbons (Fsp3) is 0.692. The highest BCUT2D eigenvalue weighted by atomic mass is 15.2. The van der Waals surface area contributed by atoms with E-state index in [4.69, 9.17) is 0 Å². The molecule has 3 nitrogen and oxygen atoms in total. The lowest BCUT2D eigenvalue weighted by molar-refractivity contribution is 0.556. The standard InChI is InChI=1S/C13H21N3/c1-13(2,3)11-9-15-12(10-14-11)16-7-5-4-6-8-16/h9-10H,4-8H2,1-3H3. The SMILES string of the molecule is CC(C)(C)c1cnc(N2CCCCC2)cn1. The quantitative estimate of drug-likeness (QED) is 0.727. The van der Waals surface area contributed by atoms with Gasteiger partial charge in [0.05, 0.1) is 18.1 Å². The average molecular weight is 219 g/mol. The molecule has 0 atom stereocenters. The van der Waals surface area contributed by atoms with E-state index < -0.39 is 0 Å². The fourth-order valence-electron chi connectivity index (χ4n) is 1.99. The van der Waals surface area contributed by atoms with Crippen molar-refractivity contribution in [1.82, 2.24) is 9.97 Å². The molecular formula is C13H21N3. The van der Waals surface area contributed by atoms with Gasteiger partial charge in [-0.1, -0.05) is 20.8 Å². The molecule has 88 valence electrons. The van der Waals surface area contributed by atoms with Crippen LogP contribution in [-0.2, 0) is 5.41 Å². The third-order valence-corrected chi connectivity index (χ3v) is 3.09. The van der Waals surface area contributed by atoms with Gasteiger partial charge < -0.3 is 4.90 Å². The Balaban J connectivity index is 2.12. The Morgan fingerprint density at radius 3 is 2.19 bits per heavy atom. The Morgan fingerprint density at radius 2 is 1.69 bits per heavy atom. The molecule has 1 aliphatic rings. The van der Waals surface area contributed by atoms with Crippen LogP contribution in [0.25, 0.3) is 0 Å². The lowest BCUT2D eigenvalue weighted by Crippen LogP contribution is -2.30. The van der Waals surface area contributed by atoms with E-state index in [1.54, 1.807) is 0 Å². The molecule has 0 saturated carbocycles. The summed E-state index contributed by atoms with van der Waals surface area (Å²) in [7, 11) is 0. The van der Waals surface area contributed by atoms with E-state index in [0.717, 1.165) is 24.6 Å². The zero-order chi connectivity index (χ0) is 11.6. The van der Waals surface area contributed by atoms with E-state index in [-0.39, 0.29) is 5.41 Å². The van der Waals surface area contributed by atoms with E-state index in [0.29, 0.717) is 0 Å². The van der Waals surface area contributed by atoms with Gasteiger partial charge in [-0.05, 0) is 19.3 Å². The maximum absolute atomic E-state index is 4.53. The van der Waals surface area contributed by atoms with Crippen molar-refractivity contribution in [1.29, 1.82) is 0 Å². The zero-order valence-corrected chi connectivity index (χ0v) is 10.5. The fourth-order valence-corrected chi connectivity index (χ4v) is 1.99. The number of hydrogen-bond acceptors (Lipinski definition) is 3. The molecule has 1 saturated heterocycles. The minimum Gasteiger partial charge on any atom is -0.355 e. The first-order valence-corrected chi connectivity index (χ1v) is 6.15. The van der Waals surface area contributed by atoms with Crippen LogP contribution in [0.4, 0.5) is 5.82 Å². The topological polar surface area (TPSA) is 29.0 Å². The van der Waals surface area contributed by atoms with Crippen LogP contribution in [0.3, 0.4) is 0 Å². The number of hydrogen-bond donors (Lipinski definition) is 0. The van der Waals surface area contributed by atoms with Crippen molar-refractivity contribution in [2.45, 2.75) is 45.4 Å². The lowest BCUT2D eigenvalue weighted by atomic mass is 9.93. The van der Waals surface area contributed by atoms with Crippen LogP contribution < -0.4 is 4.90 Å². The van der Waals surface area contributed by atoms with Crippen LogP contribution >= 0.6 is 0 Å². The molecule has 0 aliphatic carbocycles. The minimum absolute atomic E-state index is 0.0907. The first-order valence-electron chi connectivity index (χ1n) is 6.15. The highest BCUT2D eigenvalue weighted by Crippen LogP contribution is 2.21. The first-order chi connectivity index (χ1) is 7.57. The number of rotatable bonds is 1. The summed E-state index contributed by atoms with van der Waals surface area (Å²) in [6, 6.07) is 0. The smallest absolute Gasteiger partial charge is 0.147 e. The van der Waals surface area contributed by atoms with Crippen molar-refractivity contribution in [2.75, 3.05) is 18.0 Å². The van der Waals surface area contributed by atoms with Gasteiger partial charge in [-0.3, -0.25) is 4.98 Å². The lowest BCUT2D eigenvalue weighted by Gasteiger charge is -2.28. The second kappa shape index (κ2) is 4.40. The number of anilines is 1. The number of nitrogens with zero attached hydrogens (tertiary/aromatic N) is 3. The summed E-state index contributed by atoms with van der Waals surface area (Å²) in [4.78, 5) is 11.4. The second-order valence-electron chi connectivity index (χ2n) is 5.56. The van der Waals surface area contributed by atoms with E-state index in [1.165, 1.54) is 19.3 Å². The van der Waals surface area contributed by atoms with Crippen molar-refractivity contribution in [2.24, 2.45) is 0 Å². The van der Waals surface area contributed by atoms with Gasteiger partial charge in [0.2, 0.25) is 0 Å². The Labute approximate surface area is 97.9 Å². The monoisotopic (exact) mass is 219 g/mol. The molecule has 1 fully saturated rings. The number of piperidine rings is 1. The van der Waals surface area contributed by atoms with Crippen molar-refractivity contribution >= 4 is 5.82 Å². The molecule has 0 radical (unpaired) electrons. The molecule has 1 aromatic heterocycles. The Morgan fingerprint density at radius 1 is 1.00 bits per heavy atom. The van der Waals surface area contributed by atoms with Crippen LogP contribution in [0.2, 0.25) is 0 Å². The van der Waals surface area contributed by atoms with Crippen LogP contribution in [0.5, 0.6) is 0 Å². The number of aromatic nitrogens is 2. The average Bonchev–Trinajstić information content (AvgIpc) is 2.29. The normalized spacial score (nSPS) is 17.6. The van der Waals surface area contributed by atoms with Gasteiger partial charge in [0, 0.05) is 18.5 Å². The Hall–Kier alpha value is -1.12. The van der Waals surface area contributed by atoms with Crippen molar-refractivity contribution in [3.05, 3.63) is 18.1 Å². The van der Waals surface area contributed by atoms with Crippen LogP contribution in [0, 0.1) is 0 Å². The van der Waals surface area contributed by atoms with Gasteiger partial charge in [-0.25, -0.2) is 4.98 Å². The molecule has 2 heterocycles. The molecule has 0 N–H and O–H groups in total. The molecular weight excluding hydrogens is 198 g/mol. The summed E-state index contributed by atoms with van der Waals surface area (Å²) >= 11 is 0. The Kier molecular flexibility index (Phi) is 3.13. The molecule has 0 aromatic carbocycles. The predicted molar refractivity (Wildman–Crippen MR) is 66.8 cm³/mol. The molecule has 0 spiro atoms. The van der Waals surface area contributed by atoms with Gasteiger partial charge in [0.1, 0.15) is 5.82 Å². The van der Waals surface area contributed by atoms with E-state index >= 15 is 0 Å². The van der Waals surface area contributed by atoms with E-state index in [1.807, 2.05) is 12.4 Å². The van der Waals surface area contributed by atoms with Crippen LogP contribution in [0.15, 0.2) is 12.4 Å². The minimum atomic E-state index is 0.0907. The molecule has 16 heavy (non-hydrogen) atoms. The second-order valence-corrected chi connectivity index (χ2v) is 5.56. The zero-order valence-electron chi connectivity index (χ0n) is 10.5. The molecule has 1 aromatic rings. The summed E-state index contributed by atoms with van der Waals surface area (Å²) in [5, 5.41) is 0. The molecule has 3 heteroatoms. The summed E-state index contributed by atoms with van der Waals surface area (Å²) < 4.78 is 0. The molecule has 0 bridgehead atoms. The third kappa shape index (κ3) is 2.52. The first kappa shape index (κ1) is 11.4. The maximum Gasteiger partial charge on any atom is 0.147 e. The van der Waals surface area contributed by atoms with E-state index in [2.05, 4.69) is 35.6 Å². The van der Waals surface area contributed by atoms with Gasteiger partial charge in [0.25, 0.3) is 0 Å². The van der Waals surface area contributed by atoms with Gasteiger partial charge in [-0.2, -0.15) is 0 Å². The summed E-state index contributed by atoms with van der Waals surface area (Å²) in [5.74, 6) is 1.03. The Bertz CT molecular complexity index is 331. The van der Waals surface area contributed by atoms with E-state index in [9.17, 15) is 0 Å². The highest BCUT2D eigenvalue weighted by Gasteiger charge is 2.17. The summed E-state index contributed by atoms with van der Waals surface area (Å²) in [6.45, 7) is 8.75. The molecule has 2 rings (SSSR count). The maximum atomic E-state index is 4.53. The van der Waals surface area contributed by atoms with Gasteiger partial charge >= 0.3 is 0 Å². The largest absolute Gasteiger partial charge is 0.355 e. The van der Waals surface area contributed by atoms with Gasteiger partial charge in [-0.15, -0.1) is 0 Å². The molecule has 0 amide bonds. The summed E-state index contributed by atoms with van der Waals surface area (Å²) in [5.41, 5.74) is 1.15. The van der Waals surface area contributed by atoms with Gasteiger partial charge in [0.15, 0.2) is 0 Å². The van der Waals surface area contributed by atoms with Crippen LogP contribution in [-0.4, -0.2) is 23.1 Å². The van der Waals surface area contributed by atoms with Crippen molar-refractivity contribution in [3.63, 3.8) is 0 Å². The van der Waals surface area contributed by atoms with Crippen molar-refractivity contribution in [3.8, 4) is 0 Å². The van der Waals surface area contributed by atoms with Crippen molar-refractivity contribution < 1.29 is 0 Å². The molecule has 1 aliphatic heterocycles. The third-order valence-electron chi connectivity index (χ3n) is 3.09. The van der Waals surface area contributed by atoms with Crippen LogP contribution in [0.1, 0.15) is 45.7 Å². The molecule has 0 unspecified atom stereocenters. The highest BCUT2D eigenvalue weighted by molar-refractivity contribution is 5.36. The summed E-state index contributed by atoms with van der Waals surface area (Å²) in [6.07, 6.45) is 7.76. The predicted octanol–water partition coefficient (Wildman–Crippen LogP) is 2.76.